The van der Waals surface area contributed by atoms with E-state index in [1.807, 2.05) is 54.8 Å². The molecule has 0 radical (unpaired) electrons. The van der Waals surface area contributed by atoms with Gasteiger partial charge in [-0.15, -0.1) is 11.3 Å². The molecule has 7 nitrogen and oxygen atoms in total. The summed E-state index contributed by atoms with van der Waals surface area (Å²) in [6.07, 6.45) is 6.50. The molecule has 0 saturated heterocycles. The van der Waals surface area contributed by atoms with Gasteiger partial charge >= 0.3 is 0 Å². The maximum absolute atomic E-state index is 13.2. The van der Waals surface area contributed by atoms with Gasteiger partial charge in [-0.05, 0) is 55.7 Å². The Hall–Kier alpha value is -3.39. The maximum atomic E-state index is 13.2. The van der Waals surface area contributed by atoms with Crippen molar-refractivity contribution in [3.8, 4) is 17.0 Å². The number of nitrogens with zero attached hydrogens (tertiary/aromatic N) is 1. The lowest BCUT2D eigenvalue weighted by Gasteiger charge is -2.26. The van der Waals surface area contributed by atoms with Gasteiger partial charge in [0.1, 0.15) is 11.8 Å². The van der Waals surface area contributed by atoms with Crippen molar-refractivity contribution in [1.29, 1.82) is 0 Å². The first-order chi connectivity index (χ1) is 18.0. The monoisotopic (exact) mass is 520 g/mol. The highest BCUT2D eigenvalue weighted by atomic mass is 32.1. The lowest BCUT2D eigenvalue weighted by Crippen LogP contribution is -2.48. The number of benzene rings is 2. The van der Waals surface area contributed by atoms with Gasteiger partial charge < -0.3 is 20.7 Å². The third-order valence-electron chi connectivity index (χ3n) is 6.80. The number of rotatable bonds is 11. The zero-order chi connectivity index (χ0) is 26.0. The van der Waals surface area contributed by atoms with Gasteiger partial charge in [0, 0.05) is 35.3 Å². The third kappa shape index (κ3) is 7.79. The molecular formula is C29H36N4O3S. The number of carbonyl (C=O) groups excluding carboxylic acids is 2. The van der Waals surface area contributed by atoms with Crippen LogP contribution in [0.5, 0.6) is 5.75 Å². The molecule has 1 heterocycles. The number of carbonyl (C=O) groups is 2. The Morgan fingerprint density at radius 1 is 1.08 bits per heavy atom. The summed E-state index contributed by atoms with van der Waals surface area (Å²) in [4.78, 5) is 30.9. The molecule has 1 aliphatic carbocycles. The van der Waals surface area contributed by atoms with E-state index in [9.17, 15) is 9.59 Å². The van der Waals surface area contributed by atoms with Crippen LogP contribution in [0.1, 0.15) is 53.9 Å². The Labute approximate surface area is 223 Å². The Balaban J connectivity index is 1.36. The number of methoxy groups -OCH3 is 1. The lowest BCUT2D eigenvalue weighted by atomic mass is 9.84. The van der Waals surface area contributed by atoms with E-state index in [4.69, 9.17) is 4.74 Å². The molecule has 0 bridgehead atoms. The Bertz CT molecular complexity index is 1170. The SMILES string of the molecule is COc1ccc(NCCNC(=O)C(CC2CCCCC2)NC(=O)c2cccc(-c3csc(C)n3)c2)cc1. The fraction of sp³-hybridized carbons (Fsp3) is 0.414. The molecule has 2 amide bonds. The van der Waals surface area contributed by atoms with Crippen LogP contribution in [0.4, 0.5) is 5.69 Å². The molecule has 3 N–H and O–H groups in total. The molecular weight excluding hydrogens is 484 g/mol. The first-order valence-electron chi connectivity index (χ1n) is 13.0. The molecule has 1 unspecified atom stereocenters. The van der Waals surface area contributed by atoms with E-state index in [2.05, 4.69) is 20.9 Å². The molecule has 196 valence electrons. The molecule has 1 atom stereocenters. The molecule has 4 rings (SSSR count). The Morgan fingerprint density at radius 3 is 2.57 bits per heavy atom. The smallest absolute Gasteiger partial charge is 0.251 e. The number of aromatic nitrogens is 1. The number of thiazole rings is 1. The van der Waals surface area contributed by atoms with Crippen molar-refractivity contribution >= 4 is 28.8 Å². The minimum absolute atomic E-state index is 0.137. The van der Waals surface area contributed by atoms with Crippen LogP contribution in [-0.4, -0.2) is 43.0 Å². The normalized spacial score (nSPS) is 14.5. The summed E-state index contributed by atoms with van der Waals surface area (Å²) in [5.41, 5.74) is 3.25. The summed E-state index contributed by atoms with van der Waals surface area (Å²) < 4.78 is 5.19. The Morgan fingerprint density at radius 2 is 1.86 bits per heavy atom. The summed E-state index contributed by atoms with van der Waals surface area (Å²) in [5, 5.41) is 12.3. The second-order valence-corrected chi connectivity index (χ2v) is 10.6. The van der Waals surface area contributed by atoms with Gasteiger partial charge in [-0.25, -0.2) is 4.98 Å². The van der Waals surface area contributed by atoms with Gasteiger partial charge in [0.15, 0.2) is 0 Å². The van der Waals surface area contributed by atoms with E-state index in [0.717, 1.165) is 40.5 Å². The van der Waals surface area contributed by atoms with Crippen LogP contribution < -0.4 is 20.7 Å². The van der Waals surface area contributed by atoms with Crippen molar-refractivity contribution < 1.29 is 14.3 Å². The highest BCUT2D eigenvalue weighted by molar-refractivity contribution is 7.09. The molecule has 1 aromatic heterocycles. The van der Waals surface area contributed by atoms with Gasteiger partial charge in [-0.2, -0.15) is 0 Å². The fourth-order valence-corrected chi connectivity index (χ4v) is 5.39. The highest BCUT2D eigenvalue weighted by Crippen LogP contribution is 2.28. The van der Waals surface area contributed by atoms with Gasteiger partial charge in [0.05, 0.1) is 17.8 Å². The molecule has 3 aromatic rings. The van der Waals surface area contributed by atoms with Crippen LogP contribution in [0.3, 0.4) is 0 Å². The number of hydrogen-bond donors (Lipinski definition) is 3. The lowest BCUT2D eigenvalue weighted by molar-refractivity contribution is -0.123. The van der Waals surface area contributed by atoms with E-state index in [-0.39, 0.29) is 11.8 Å². The zero-order valence-corrected chi connectivity index (χ0v) is 22.4. The summed E-state index contributed by atoms with van der Waals surface area (Å²) in [6.45, 7) is 3.00. The summed E-state index contributed by atoms with van der Waals surface area (Å²) in [5.74, 6) is 0.877. The fourth-order valence-electron chi connectivity index (χ4n) is 4.77. The van der Waals surface area contributed by atoms with Crippen LogP contribution in [-0.2, 0) is 4.79 Å². The van der Waals surface area contributed by atoms with E-state index >= 15 is 0 Å². The number of hydrogen-bond acceptors (Lipinski definition) is 6. The summed E-state index contributed by atoms with van der Waals surface area (Å²) in [7, 11) is 1.64. The second-order valence-electron chi connectivity index (χ2n) is 9.54. The zero-order valence-electron chi connectivity index (χ0n) is 21.6. The van der Waals surface area contributed by atoms with Crippen molar-refractivity contribution in [1.82, 2.24) is 15.6 Å². The number of ether oxygens (including phenoxy) is 1. The minimum Gasteiger partial charge on any atom is -0.497 e. The standard InChI is InChI=1S/C29H36N4O3S/c1-20-32-27(19-37-20)22-9-6-10-23(18-22)28(34)33-26(17-21-7-4-3-5-8-21)29(35)31-16-15-30-24-11-13-25(36-2)14-12-24/h6,9-14,18-19,21,26,30H,3-5,7-8,15-17H2,1-2H3,(H,31,35)(H,33,34). The molecule has 1 saturated carbocycles. The van der Waals surface area contributed by atoms with Crippen LogP contribution in [0.15, 0.2) is 53.9 Å². The van der Waals surface area contributed by atoms with E-state index in [1.54, 1.807) is 24.5 Å². The van der Waals surface area contributed by atoms with Gasteiger partial charge in [0.25, 0.3) is 5.91 Å². The van der Waals surface area contributed by atoms with Crippen LogP contribution in [0.25, 0.3) is 11.3 Å². The quantitative estimate of drug-likeness (QED) is 0.294. The van der Waals surface area contributed by atoms with Gasteiger partial charge in [-0.1, -0.05) is 44.2 Å². The van der Waals surface area contributed by atoms with Gasteiger partial charge in [-0.3, -0.25) is 9.59 Å². The maximum Gasteiger partial charge on any atom is 0.251 e. The Kier molecular flexibility index (Phi) is 9.54. The molecule has 0 spiro atoms. The second kappa shape index (κ2) is 13.2. The van der Waals surface area contributed by atoms with Gasteiger partial charge in [0.2, 0.25) is 5.91 Å². The average Bonchev–Trinajstić information content (AvgIpc) is 3.38. The predicted octanol–water partition coefficient (Wildman–Crippen LogP) is 5.42. The molecule has 1 fully saturated rings. The van der Waals surface area contributed by atoms with Crippen molar-refractivity contribution in [3.63, 3.8) is 0 Å². The van der Waals surface area contributed by atoms with Crippen LogP contribution in [0.2, 0.25) is 0 Å². The number of anilines is 1. The first kappa shape index (κ1) is 26.7. The van der Waals surface area contributed by atoms with Crippen molar-refractivity contribution in [2.45, 2.75) is 51.5 Å². The molecule has 37 heavy (non-hydrogen) atoms. The largest absolute Gasteiger partial charge is 0.497 e. The number of nitrogens with one attached hydrogen (secondary N) is 3. The summed E-state index contributed by atoms with van der Waals surface area (Å²) >= 11 is 1.58. The molecule has 2 aromatic carbocycles. The minimum atomic E-state index is -0.568. The molecule has 0 aliphatic heterocycles. The highest BCUT2D eigenvalue weighted by Gasteiger charge is 2.26. The van der Waals surface area contributed by atoms with E-state index in [1.165, 1.54) is 19.3 Å². The van der Waals surface area contributed by atoms with Crippen molar-refractivity contribution in [2.24, 2.45) is 5.92 Å². The summed E-state index contributed by atoms with van der Waals surface area (Å²) in [6, 6.07) is 14.5. The average molecular weight is 521 g/mol. The van der Waals surface area contributed by atoms with E-state index < -0.39 is 6.04 Å². The first-order valence-corrected chi connectivity index (χ1v) is 13.9. The van der Waals surface area contributed by atoms with Crippen LogP contribution in [0, 0.1) is 12.8 Å². The van der Waals surface area contributed by atoms with Crippen molar-refractivity contribution in [3.05, 3.63) is 64.5 Å². The van der Waals surface area contributed by atoms with Crippen molar-refractivity contribution in [2.75, 3.05) is 25.5 Å². The molecule has 8 heteroatoms. The predicted molar refractivity (Wildman–Crippen MR) is 149 cm³/mol. The van der Waals surface area contributed by atoms with E-state index in [0.29, 0.717) is 31.0 Å². The van der Waals surface area contributed by atoms with Crippen LogP contribution >= 0.6 is 11.3 Å². The topological polar surface area (TPSA) is 92.4 Å². The number of aryl methyl sites for hydroxylation is 1. The number of amides is 2. The molecule has 1 aliphatic rings. The third-order valence-corrected chi connectivity index (χ3v) is 7.57.